The fraction of sp³-hybridized carbons (Fsp3) is 0.286. The second-order valence-electron chi connectivity index (χ2n) is 9.91. The van der Waals surface area contributed by atoms with Gasteiger partial charge in [-0.2, -0.15) is 0 Å². The summed E-state index contributed by atoms with van der Waals surface area (Å²) in [5, 5.41) is 9.37. The van der Waals surface area contributed by atoms with Crippen molar-refractivity contribution in [2.45, 2.75) is 26.1 Å². The molecule has 0 amide bonds. The molecule has 3 aromatic heterocycles. The Hall–Kier alpha value is -4.33. The molecule has 44 heavy (non-hydrogen) atoms. The molecular weight excluding hydrogens is 630 g/mol. The fourth-order valence-corrected chi connectivity index (χ4v) is 6.77. The van der Waals surface area contributed by atoms with Crippen LogP contribution < -0.4 is 42.4 Å². The third-order valence-electron chi connectivity index (χ3n) is 6.96. The number of aromatic amines is 1. The number of furan rings is 1. The molecule has 0 saturated carbocycles. The van der Waals surface area contributed by atoms with Crippen molar-refractivity contribution in [2.75, 3.05) is 24.0 Å². The maximum atomic E-state index is 12.3. The van der Waals surface area contributed by atoms with E-state index < -0.39 is 34.7 Å². The second-order valence-corrected chi connectivity index (χ2v) is 13.0. The van der Waals surface area contributed by atoms with Crippen molar-refractivity contribution in [3.05, 3.63) is 57.3 Å². The zero-order valence-electron chi connectivity index (χ0n) is 22.7. The van der Waals surface area contributed by atoms with Crippen LogP contribution in [0.2, 0.25) is 0 Å². The zero-order valence-corrected chi connectivity index (χ0v) is 24.7. The van der Waals surface area contributed by atoms with Gasteiger partial charge in [0, 0.05) is 0 Å². The van der Waals surface area contributed by atoms with Crippen molar-refractivity contribution in [3.8, 4) is 5.75 Å². The number of fused-ring (bicyclic) bond motifs is 5. The van der Waals surface area contributed by atoms with Crippen LogP contribution in [0.15, 0.2) is 44.8 Å². The monoisotopic (exact) mass is 658 g/mol. The fourth-order valence-electron chi connectivity index (χ4n) is 5.05. The summed E-state index contributed by atoms with van der Waals surface area (Å²) >= 11 is 0. The van der Waals surface area contributed by atoms with Crippen molar-refractivity contribution >= 4 is 45.2 Å². The van der Waals surface area contributed by atoms with Gasteiger partial charge < -0.3 is 0 Å². The molecule has 238 valence electrons. The molecule has 23 heteroatoms. The molecule has 21 nitrogen and oxygen atoms in total. The number of nitrogens with zero attached hydrogens (tertiary/aromatic N) is 4. The summed E-state index contributed by atoms with van der Waals surface area (Å²) in [5.41, 5.74) is 12.0. The van der Waals surface area contributed by atoms with Crippen LogP contribution >= 0.6 is 16.3 Å². The van der Waals surface area contributed by atoms with Crippen molar-refractivity contribution < 1.29 is 46.8 Å². The molecule has 7 heterocycles. The van der Waals surface area contributed by atoms with Crippen LogP contribution in [0, 0.1) is 6.92 Å². The van der Waals surface area contributed by atoms with Gasteiger partial charge in [-0.1, -0.05) is 0 Å². The van der Waals surface area contributed by atoms with E-state index in [1.165, 1.54) is 10.9 Å². The molecule has 1 atom stereocenters. The van der Waals surface area contributed by atoms with E-state index in [0.29, 0.717) is 23.8 Å². The summed E-state index contributed by atoms with van der Waals surface area (Å²) in [7, 11) is -10.0. The number of nitrogens with one attached hydrogen (secondary N) is 4. The van der Waals surface area contributed by atoms with Crippen LogP contribution in [0.4, 0.5) is 11.8 Å². The van der Waals surface area contributed by atoms with E-state index in [0.717, 1.165) is 6.26 Å². The van der Waals surface area contributed by atoms with E-state index in [1.807, 2.05) is 0 Å². The van der Waals surface area contributed by atoms with Gasteiger partial charge in [-0.3, -0.25) is 0 Å². The Morgan fingerprint density at radius 3 is 2.77 bits per heavy atom. The molecule has 4 aliphatic heterocycles. The molecule has 0 radical (unpaired) electrons. The molecule has 0 aromatic carbocycles. The third kappa shape index (κ3) is 4.90. The van der Waals surface area contributed by atoms with Crippen LogP contribution in [-0.4, -0.2) is 58.6 Å². The Morgan fingerprint density at radius 2 is 1.95 bits per heavy atom. The predicted octanol–water partition coefficient (Wildman–Crippen LogP) is -1.61. The number of hydrogen-bond donors (Lipinski definition) is 10. The molecule has 1 saturated heterocycles. The molecule has 1 fully saturated rings. The summed E-state index contributed by atoms with van der Waals surface area (Å²) < 4.78 is 34.6. The zero-order chi connectivity index (χ0) is 31.0. The number of anilines is 2. The third-order valence-corrected chi connectivity index (χ3v) is 8.88. The Kier molecular flexibility index (Phi) is 6.54. The van der Waals surface area contributed by atoms with Gasteiger partial charge in [0.15, 0.2) is 0 Å². The van der Waals surface area contributed by atoms with Crippen LogP contribution in [0.3, 0.4) is 0 Å². The first-order valence-electron chi connectivity index (χ1n) is 12.9. The maximum absolute atomic E-state index is 12.3. The average Bonchev–Trinajstić information content (AvgIpc) is 3.72. The van der Waals surface area contributed by atoms with E-state index in [4.69, 9.17) is 38.7 Å². The standard InChI is InChI=1S/C21H28N10O11P2/c1-8-14-11(40-19(8)30-6-26-12-15(22)24-5-25-16(12)30)4-38-43(33,34)41-10-2-9(3-37-44(35,36)42-14)39-20(10)31-7-27-13-17(31)28-21(23)29-18(13)32/h3,7,16,24-26,33-36,43-44H,2,4-6,22H2,1H3,(H3,23,28,29,32)/b9-3+. The molecular formula is C21H28N10O11P2. The van der Waals surface area contributed by atoms with Crippen LogP contribution in [0.25, 0.3) is 17.0 Å². The van der Waals surface area contributed by atoms with E-state index in [9.17, 15) is 24.4 Å². The molecule has 4 aliphatic rings. The number of imidazole rings is 1. The molecule has 7 rings (SSSR count). The summed E-state index contributed by atoms with van der Waals surface area (Å²) in [6.07, 6.45) is 1.38. The molecule has 3 aromatic rings. The molecule has 1 unspecified atom stereocenters. The molecule has 0 aliphatic carbocycles. The number of aromatic nitrogens is 4. The number of H-pyrrole nitrogens is 1. The first kappa shape index (κ1) is 28.4. The summed E-state index contributed by atoms with van der Waals surface area (Å²) in [5.74, 6) is -0.235. The summed E-state index contributed by atoms with van der Waals surface area (Å²) in [6.45, 7) is 1.61. The van der Waals surface area contributed by atoms with E-state index in [-0.39, 0.29) is 65.0 Å². The number of ether oxygens (including phenoxy) is 1. The second kappa shape index (κ2) is 10.1. The van der Waals surface area contributed by atoms with Gasteiger partial charge in [0.1, 0.15) is 0 Å². The first-order valence-corrected chi connectivity index (χ1v) is 16.3. The van der Waals surface area contributed by atoms with Gasteiger partial charge in [-0.15, -0.1) is 0 Å². The summed E-state index contributed by atoms with van der Waals surface area (Å²) in [4.78, 5) is 67.6. The number of hydrogen-bond acceptors (Lipinski definition) is 19. The molecule has 12 N–H and O–H groups in total. The Morgan fingerprint density at radius 1 is 1.14 bits per heavy atom. The Labute approximate surface area is 246 Å². The van der Waals surface area contributed by atoms with Crippen molar-refractivity contribution in [1.82, 2.24) is 35.5 Å². The minimum atomic E-state index is -5.02. The van der Waals surface area contributed by atoms with Crippen molar-refractivity contribution in [3.63, 3.8) is 0 Å². The van der Waals surface area contributed by atoms with Gasteiger partial charge in [0.2, 0.25) is 0 Å². The number of nitrogen functional groups attached to an aromatic ring is 1. The van der Waals surface area contributed by atoms with E-state index in [1.54, 1.807) is 11.8 Å². The van der Waals surface area contributed by atoms with E-state index >= 15 is 0 Å². The normalized spacial score (nSPS) is 25.2. The first-order chi connectivity index (χ1) is 20.9. The SMILES string of the molecule is Cc1c(N2CNC3=C(N)NCNC32)oc2c1O[PH](O)(O)O/C=C1\CC(=C(n3cnc4c(=O)[nH]c(N)nc43)O1)O[PH](O)(O)OC2. The van der Waals surface area contributed by atoms with Crippen molar-refractivity contribution in [2.24, 2.45) is 5.73 Å². The number of rotatable bonds is 2. The van der Waals surface area contributed by atoms with Gasteiger partial charge in [-0.05, 0) is 0 Å². The van der Waals surface area contributed by atoms with Gasteiger partial charge in [0.05, 0.1) is 0 Å². The van der Waals surface area contributed by atoms with E-state index in [2.05, 4.69) is 30.9 Å². The molecule has 2 bridgehead atoms. The summed E-state index contributed by atoms with van der Waals surface area (Å²) in [6, 6.07) is 0. The Bertz CT molecular complexity index is 1830. The Balaban J connectivity index is 1.25. The quantitative estimate of drug-likeness (QED) is 0.139. The van der Waals surface area contributed by atoms with Crippen LogP contribution in [0.5, 0.6) is 5.75 Å². The predicted molar refractivity (Wildman–Crippen MR) is 153 cm³/mol. The minimum absolute atomic E-state index is 0.0336. The van der Waals surface area contributed by atoms with Crippen molar-refractivity contribution in [1.29, 1.82) is 0 Å². The average molecular weight is 658 g/mol. The van der Waals surface area contributed by atoms with Crippen LogP contribution in [-0.2, 0) is 24.9 Å². The number of nitrogens with two attached hydrogens (primary N) is 2. The topological polar surface area (TPSA) is 295 Å². The molecule has 0 spiro atoms. The van der Waals surface area contributed by atoms with Gasteiger partial charge >= 0.3 is 246 Å². The van der Waals surface area contributed by atoms with Gasteiger partial charge in [-0.25, -0.2) is 0 Å². The van der Waals surface area contributed by atoms with Crippen LogP contribution in [0.1, 0.15) is 17.7 Å². The van der Waals surface area contributed by atoms with Gasteiger partial charge in [0.25, 0.3) is 0 Å².